The van der Waals surface area contributed by atoms with Gasteiger partial charge in [-0.25, -0.2) is 37.3 Å². The fourth-order valence-corrected chi connectivity index (χ4v) is 2.58. The fourth-order valence-electron chi connectivity index (χ4n) is 2.58. The fraction of sp³-hybridized carbons (Fsp3) is 1.00. The van der Waals surface area contributed by atoms with Crippen LogP contribution in [0.3, 0.4) is 0 Å². The molecule has 0 bridgehead atoms. The van der Waals surface area contributed by atoms with Crippen LogP contribution in [0.25, 0.3) is 0 Å². The van der Waals surface area contributed by atoms with E-state index in [1.165, 1.54) is 0 Å². The smallest absolute Gasteiger partial charge is 0.851 e. The molecule has 16 nitrogen and oxygen atoms in total. The van der Waals surface area contributed by atoms with Crippen molar-refractivity contribution in [3.05, 3.63) is 0 Å². The Morgan fingerprint density at radius 2 is 0.658 bits per heavy atom. The van der Waals surface area contributed by atoms with Crippen LogP contribution in [0.4, 0.5) is 0 Å². The van der Waals surface area contributed by atoms with Crippen molar-refractivity contribution in [1.29, 1.82) is 0 Å². The minimum atomic E-state index is -4.94. The van der Waals surface area contributed by atoms with Crippen LogP contribution in [0.5, 0.6) is 0 Å². The zero-order valence-electron chi connectivity index (χ0n) is 22.5. The Balaban J connectivity index is -0.0000000962. The second kappa shape index (κ2) is 34.4. The minimum absolute atomic E-state index is 0. The summed E-state index contributed by atoms with van der Waals surface area (Å²) >= 11 is 0. The third-order valence-corrected chi connectivity index (χ3v) is 3.74. The van der Waals surface area contributed by atoms with Gasteiger partial charge in [-0.15, -0.1) is 32.7 Å². The molecule has 224 valence electrons. The van der Waals surface area contributed by atoms with E-state index in [0.29, 0.717) is 39.3 Å². The molecule has 0 aromatic carbocycles. The van der Waals surface area contributed by atoms with Gasteiger partial charge in [-0.05, 0) is 91.1 Å². The first-order valence-corrected chi connectivity index (χ1v) is 13.7. The first kappa shape index (κ1) is 51.9. The number of nitrogens with zero attached hydrogens (tertiary/aromatic N) is 2. The molecule has 0 amide bonds. The van der Waals surface area contributed by atoms with Gasteiger partial charge in [0.1, 0.15) is 0 Å². The monoisotopic (exact) mass is 702 g/mol. The average Bonchev–Trinajstić information content (AvgIpc) is 2.69. The van der Waals surface area contributed by atoms with Crippen molar-refractivity contribution in [2.45, 2.75) is 51.7 Å². The Hall–Kier alpha value is 1.19. The van der Waals surface area contributed by atoms with Crippen LogP contribution >= 0.6 is 0 Å². The summed E-state index contributed by atoms with van der Waals surface area (Å²) in [6.07, 6.45) is 2.79. The molecule has 0 radical (unpaired) electrons. The maximum Gasteiger partial charge on any atom is 2.00 e. The molecule has 0 heterocycles. The number of rotatable bonds is 16. The van der Waals surface area contributed by atoms with Crippen molar-refractivity contribution in [1.82, 2.24) is 9.80 Å². The van der Waals surface area contributed by atoms with Crippen LogP contribution in [-0.2, 0) is 39.0 Å². The molecule has 38 heavy (non-hydrogen) atoms. The summed E-state index contributed by atoms with van der Waals surface area (Å²) in [7, 11) is -9.89. The summed E-state index contributed by atoms with van der Waals surface area (Å²) in [5.74, 6) is 0. The molecule has 8 N–H and O–H groups in total. The van der Waals surface area contributed by atoms with E-state index in [1.807, 2.05) is 0 Å². The molecular formula is C18H44Cl2N6O10Zn2. The van der Waals surface area contributed by atoms with Gasteiger partial charge in [0.2, 0.25) is 0 Å². The summed E-state index contributed by atoms with van der Waals surface area (Å²) in [5.41, 5.74) is 21.6. The summed E-state index contributed by atoms with van der Waals surface area (Å²) in [4.78, 5) is 4.30. The van der Waals surface area contributed by atoms with Crippen LogP contribution in [0, 0.1) is 20.5 Å². The van der Waals surface area contributed by atoms with Crippen LogP contribution in [0.15, 0.2) is 0 Å². The third-order valence-electron chi connectivity index (χ3n) is 3.74. The average molecular weight is 706 g/mol. The molecule has 0 spiro atoms. The standard InChI is InChI=1S/2C9H22N3O.2ClHO4.2Zn/c2*1-9(13)8-12(6-2-4-10)7-3-5-11;2*2-1(3,4)5;;/h2*9H,2-8,10-11H2,1H3;2*(H,2,3,4,5);;/q2*-1;;;2*+2/p-2/t2*9-;;;;/m10..../s1. The molecule has 0 aliphatic heterocycles. The number of hydrogen-bond acceptors (Lipinski definition) is 16. The van der Waals surface area contributed by atoms with Crippen molar-refractivity contribution < 1.29 is 107 Å². The van der Waals surface area contributed by atoms with Crippen molar-refractivity contribution in [2.75, 3.05) is 65.4 Å². The molecule has 0 aliphatic carbocycles. The van der Waals surface area contributed by atoms with Crippen LogP contribution in [0.1, 0.15) is 39.5 Å². The van der Waals surface area contributed by atoms with Crippen LogP contribution in [0.2, 0.25) is 0 Å². The molecule has 20 heteroatoms. The van der Waals surface area contributed by atoms with Gasteiger partial charge in [0.15, 0.2) is 0 Å². The maximum absolute atomic E-state index is 11.0. The number of hydrogen-bond donors (Lipinski definition) is 4. The molecule has 0 aromatic heterocycles. The van der Waals surface area contributed by atoms with E-state index >= 15 is 0 Å². The summed E-state index contributed by atoms with van der Waals surface area (Å²) in [5, 5.41) is 21.9. The van der Waals surface area contributed by atoms with Crippen molar-refractivity contribution in [2.24, 2.45) is 22.9 Å². The Labute approximate surface area is 255 Å². The SMILES string of the molecule is C[C@@H]([O-])CN(CCCN)CCCN.C[C@H]([O-])CN(CCCN)CCCN.[O-][Cl+3]([O-])([O-])[O-].[O-][Cl+3]([O-])([O-])[O-].[Zn+2].[Zn+2]. The molecule has 2 atom stereocenters. The van der Waals surface area contributed by atoms with Crippen LogP contribution in [-0.4, -0.2) is 87.5 Å². The second-order valence-electron chi connectivity index (χ2n) is 7.55. The predicted molar refractivity (Wildman–Crippen MR) is 106 cm³/mol. The largest absolute Gasteiger partial charge is 2.00 e. The number of halogens is 2. The Morgan fingerprint density at radius 1 is 0.500 bits per heavy atom. The molecular weight excluding hydrogens is 662 g/mol. The van der Waals surface area contributed by atoms with Gasteiger partial charge in [0.05, 0.1) is 0 Å². The summed E-state index contributed by atoms with van der Waals surface area (Å²) < 4.78 is 67.9. The van der Waals surface area contributed by atoms with Gasteiger partial charge in [0.25, 0.3) is 0 Å². The molecule has 0 saturated carbocycles. The van der Waals surface area contributed by atoms with Gasteiger partial charge in [-0.2, -0.15) is 0 Å². The van der Waals surface area contributed by atoms with E-state index < -0.39 is 32.7 Å². The molecule has 0 saturated heterocycles. The van der Waals surface area contributed by atoms with E-state index in [4.69, 9.17) is 60.2 Å². The molecule has 0 unspecified atom stereocenters. The van der Waals surface area contributed by atoms with Gasteiger partial charge in [-0.3, -0.25) is 0 Å². The van der Waals surface area contributed by atoms with E-state index in [-0.39, 0.29) is 39.0 Å². The zero-order valence-corrected chi connectivity index (χ0v) is 30.0. The van der Waals surface area contributed by atoms with Crippen molar-refractivity contribution >= 4 is 0 Å². The normalized spacial score (nSPS) is 12.5. The van der Waals surface area contributed by atoms with Gasteiger partial charge in [0, 0.05) is 0 Å². The molecule has 0 fully saturated rings. The quantitative estimate of drug-likeness (QED) is 0.108. The first-order chi connectivity index (χ1) is 16.4. The summed E-state index contributed by atoms with van der Waals surface area (Å²) in [6, 6.07) is 0. The minimum Gasteiger partial charge on any atom is -0.851 e. The predicted octanol–water partition coefficient (Wildman–Crippen LogP) is -12.0. The van der Waals surface area contributed by atoms with E-state index in [2.05, 4.69) is 9.80 Å². The van der Waals surface area contributed by atoms with E-state index in [9.17, 15) is 10.2 Å². The van der Waals surface area contributed by atoms with E-state index in [1.54, 1.807) is 13.8 Å². The third kappa shape index (κ3) is 76.8. The van der Waals surface area contributed by atoms with Crippen molar-refractivity contribution in [3.63, 3.8) is 0 Å². The molecule has 0 rings (SSSR count). The van der Waals surface area contributed by atoms with E-state index in [0.717, 1.165) is 51.9 Å². The topological polar surface area (TPSA) is 341 Å². The second-order valence-corrected chi connectivity index (χ2v) is 9.06. The number of nitrogens with two attached hydrogens (primary N) is 4. The van der Waals surface area contributed by atoms with Crippen molar-refractivity contribution in [3.8, 4) is 0 Å². The van der Waals surface area contributed by atoms with Gasteiger partial charge < -0.3 is 42.9 Å². The molecule has 0 aromatic rings. The Morgan fingerprint density at radius 3 is 0.763 bits per heavy atom. The molecule has 0 aliphatic rings. The first-order valence-electron chi connectivity index (χ1n) is 11.2. The summed E-state index contributed by atoms with van der Waals surface area (Å²) in [6.45, 7) is 11.0. The Kier molecular flexibility index (Phi) is 47.0. The van der Waals surface area contributed by atoms with Crippen LogP contribution < -0.4 is 70.4 Å². The Bertz CT molecular complexity index is 381. The van der Waals surface area contributed by atoms with Gasteiger partial charge in [-0.1, -0.05) is 13.8 Å². The van der Waals surface area contributed by atoms with Gasteiger partial charge >= 0.3 is 39.0 Å². The maximum atomic E-state index is 11.0. The zero-order chi connectivity index (χ0) is 29.2.